The Labute approximate surface area is 221 Å². The standard InChI is InChI=1S/C27H24F3N7O2/c1-18-15-23(26-33-25(35-39-26)21-4-6-22(7-5-21)38-27(28,29)30)34-37(18)17-20-3-8-24(32-16-20)36(2)14-11-19-9-12-31-13-10-19/h3-10,12-13,15-16H,11,14,17H2,1-2H3. The molecule has 0 N–H and O–H groups in total. The van der Waals surface area contributed by atoms with Crippen LogP contribution in [0.2, 0.25) is 0 Å². The molecule has 4 aromatic heterocycles. The third-order valence-electron chi connectivity index (χ3n) is 5.99. The first-order valence-electron chi connectivity index (χ1n) is 12.0. The number of likely N-dealkylation sites (N-methyl/N-ethyl adjacent to an activating group) is 1. The number of aromatic nitrogens is 6. The Hall–Kier alpha value is -4.74. The molecule has 1 aromatic carbocycles. The number of halogens is 3. The molecule has 4 heterocycles. The van der Waals surface area contributed by atoms with E-state index < -0.39 is 6.36 Å². The maximum Gasteiger partial charge on any atom is 0.573 e. The fourth-order valence-electron chi connectivity index (χ4n) is 3.89. The Bertz CT molecular complexity index is 1520. The maximum atomic E-state index is 12.4. The predicted octanol–water partition coefficient (Wildman–Crippen LogP) is 5.32. The molecule has 0 aliphatic rings. The molecule has 0 amide bonds. The van der Waals surface area contributed by atoms with Crippen molar-refractivity contribution >= 4 is 5.82 Å². The summed E-state index contributed by atoms with van der Waals surface area (Å²) in [4.78, 5) is 15.1. The fourth-order valence-corrected chi connectivity index (χ4v) is 3.89. The van der Waals surface area contributed by atoms with Crippen LogP contribution >= 0.6 is 0 Å². The van der Waals surface area contributed by atoms with Crippen LogP contribution in [0.4, 0.5) is 19.0 Å². The van der Waals surface area contributed by atoms with Gasteiger partial charge in [0.15, 0.2) is 5.69 Å². The topological polar surface area (TPSA) is 95.0 Å². The second-order valence-electron chi connectivity index (χ2n) is 8.88. The molecule has 0 unspecified atom stereocenters. The Morgan fingerprint density at radius 1 is 1.00 bits per heavy atom. The first-order chi connectivity index (χ1) is 18.7. The quantitative estimate of drug-likeness (QED) is 0.250. The van der Waals surface area contributed by atoms with E-state index in [-0.39, 0.29) is 17.5 Å². The largest absolute Gasteiger partial charge is 0.573 e. The van der Waals surface area contributed by atoms with Gasteiger partial charge in [-0.05, 0) is 73.0 Å². The lowest BCUT2D eigenvalue weighted by Gasteiger charge is -2.18. The van der Waals surface area contributed by atoms with Crippen molar-refractivity contribution < 1.29 is 22.4 Å². The van der Waals surface area contributed by atoms with Crippen molar-refractivity contribution in [1.82, 2.24) is 29.9 Å². The lowest BCUT2D eigenvalue weighted by atomic mass is 10.2. The highest BCUT2D eigenvalue weighted by atomic mass is 19.4. The third-order valence-corrected chi connectivity index (χ3v) is 5.99. The number of alkyl halides is 3. The molecule has 0 bridgehead atoms. The number of benzene rings is 1. The number of nitrogens with zero attached hydrogens (tertiary/aromatic N) is 7. The van der Waals surface area contributed by atoms with Crippen molar-refractivity contribution in [3.63, 3.8) is 0 Å². The van der Waals surface area contributed by atoms with E-state index in [9.17, 15) is 13.2 Å². The van der Waals surface area contributed by atoms with Crippen molar-refractivity contribution in [1.29, 1.82) is 0 Å². The van der Waals surface area contributed by atoms with Gasteiger partial charge >= 0.3 is 6.36 Å². The molecule has 0 saturated carbocycles. The summed E-state index contributed by atoms with van der Waals surface area (Å²) in [6.07, 6.45) is 1.55. The summed E-state index contributed by atoms with van der Waals surface area (Å²) in [7, 11) is 2.01. The molecule has 0 fully saturated rings. The van der Waals surface area contributed by atoms with Gasteiger partial charge in [0, 0.05) is 43.4 Å². The first-order valence-corrected chi connectivity index (χ1v) is 12.0. The molecular weight excluding hydrogens is 511 g/mol. The minimum absolute atomic E-state index is 0.201. The van der Waals surface area contributed by atoms with Gasteiger partial charge in [0.1, 0.15) is 11.6 Å². The SMILES string of the molecule is Cc1cc(-c2nc(-c3ccc(OC(F)(F)F)cc3)no2)nn1Cc1ccc(N(C)CCc2ccncc2)nc1. The molecule has 9 nitrogen and oxygen atoms in total. The van der Waals surface area contributed by atoms with Gasteiger partial charge in [-0.3, -0.25) is 9.67 Å². The van der Waals surface area contributed by atoms with E-state index in [1.54, 1.807) is 12.4 Å². The molecule has 0 saturated heterocycles. The van der Waals surface area contributed by atoms with Crippen molar-refractivity contribution in [3.8, 4) is 28.7 Å². The van der Waals surface area contributed by atoms with Crippen LogP contribution in [0.15, 0.2) is 77.7 Å². The summed E-state index contributed by atoms with van der Waals surface area (Å²) in [5.41, 5.74) is 4.06. The number of ether oxygens (including phenoxy) is 1. The van der Waals surface area contributed by atoms with E-state index >= 15 is 0 Å². The molecule has 12 heteroatoms. The lowest BCUT2D eigenvalue weighted by Crippen LogP contribution is -2.21. The summed E-state index contributed by atoms with van der Waals surface area (Å²) >= 11 is 0. The zero-order valence-electron chi connectivity index (χ0n) is 21.1. The van der Waals surface area contributed by atoms with E-state index in [2.05, 4.69) is 34.8 Å². The van der Waals surface area contributed by atoms with Gasteiger partial charge < -0.3 is 14.2 Å². The summed E-state index contributed by atoms with van der Waals surface area (Å²) < 4.78 is 48.2. The zero-order valence-corrected chi connectivity index (χ0v) is 21.1. The minimum atomic E-state index is -4.76. The number of rotatable bonds is 9. The summed E-state index contributed by atoms with van der Waals surface area (Å²) in [5, 5.41) is 8.52. The van der Waals surface area contributed by atoms with Crippen LogP contribution in [0.25, 0.3) is 23.0 Å². The third kappa shape index (κ3) is 6.58. The van der Waals surface area contributed by atoms with Crippen LogP contribution in [0.3, 0.4) is 0 Å². The van der Waals surface area contributed by atoms with Gasteiger partial charge in [0.2, 0.25) is 5.82 Å². The molecule has 200 valence electrons. The van der Waals surface area contributed by atoms with Crippen LogP contribution < -0.4 is 9.64 Å². The van der Waals surface area contributed by atoms with Gasteiger partial charge in [-0.25, -0.2) is 4.98 Å². The Morgan fingerprint density at radius 2 is 1.77 bits per heavy atom. The average Bonchev–Trinajstić information content (AvgIpc) is 3.55. The molecule has 0 spiro atoms. The molecule has 0 radical (unpaired) electrons. The summed E-state index contributed by atoms with van der Waals surface area (Å²) in [6, 6.07) is 15.1. The van der Waals surface area contributed by atoms with Crippen LogP contribution in [0.1, 0.15) is 16.8 Å². The van der Waals surface area contributed by atoms with E-state index in [0.717, 1.165) is 30.0 Å². The van der Waals surface area contributed by atoms with Gasteiger partial charge in [0.25, 0.3) is 5.89 Å². The van der Waals surface area contributed by atoms with Crippen molar-refractivity contribution in [2.24, 2.45) is 0 Å². The minimum Gasteiger partial charge on any atom is -0.406 e. The van der Waals surface area contributed by atoms with E-state index in [4.69, 9.17) is 4.52 Å². The van der Waals surface area contributed by atoms with E-state index in [1.165, 1.54) is 29.8 Å². The average molecular weight is 536 g/mol. The monoisotopic (exact) mass is 535 g/mol. The predicted molar refractivity (Wildman–Crippen MR) is 137 cm³/mol. The fraction of sp³-hybridized carbons (Fsp3) is 0.222. The summed E-state index contributed by atoms with van der Waals surface area (Å²) in [5.74, 6) is 0.973. The van der Waals surface area contributed by atoms with E-state index in [0.29, 0.717) is 17.8 Å². The van der Waals surface area contributed by atoms with Crippen LogP contribution in [-0.2, 0) is 13.0 Å². The molecule has 0 atom stereocenters. The maximum absolute atomic E-state index is 12.4. The molecular formula is C27H24F3N7O2. The second-order valence-corrected chi connectivity index (χ2v) is 8.88. The van der Waals surface area contributed by atoms with Gasteiger partial charge in [-0.2, -0.15) is 10.1 Å². The first kappa shape index (κ1) is 25.9. The van der Waals surface area contributed by atoms with Crippen LogP contribution in [0.5, 0.6) is 5.75 Å². The highest BCUT2D eigenvalue weighted by molar-refractivity contribution is 5.59. The number of anilines is 1. The number of pyridine rings is 2. The van der Waals surface area contributed by atoms with Crippen LogP contribution in [-0.4, -0.2) is 49.8 Å². The Kier molecular flexibility index (Phi) is 7.26. The lowest BCUT2D eigenvalue weighted by molar-refractivity contribution is -0.274. The molecule has 0 aliphatic heterocycles. The zero-order chi connectivity index (χ0) is 27.4. The van der Waals surface area contributed by atoms with Crippen molar-refractivity contribution in [2.75, 3.05) is 18.5 Å². The molecule has 5 aromatic rings. The highest BCUT2D eigenvalue weighted by Gasteiger charge is 2.31. The molecule has 0 aliphatic carbocycles. The van der Waals surface area contributed by atoms with Crippen LogP contribution in [0, 0.1) is 6.92 Å². The number of aryl methyl sites for hydroxylation is 1. The van der Waals surface area contributed by atoms with Gasteiger partial charge in [0.05, 0.1) is 6.54 Å². The Morgan fingerprint density at radius 3 is 2.46 bits per heavy atom. The number of hydrogen-bond donors (Lipinski definition) is 0. The number of hydrogen-bond acceptors (Lipinski definition) is 8. The van der Waals surface area contributed by atoms with Crippen molar-refractivity contribution in [2.45, 2.75) is 26.3 Å². The van der Waals surface area contributed by atoms with Crippen molar-refractivity contribution in [3.05, 3.63) is 90.0 Å². The van der Waals surface area contributed by atoms with Gasteiger partial charge in [-0.1, -0.05) is 11.2 Å². The smallest absolute Gasteiger partial charge is 0.406 e. The van der Waals surface area contributed by atoms with Gasteiger partial charge in [-0.15, -0.1) is 13.2 Å². The second kappa shape index (κ2) is 10.9. The summed E-state index contributed by atoms with van der Waals surface area (Å²) in [6.45, 7) is 3.25. The molecule has 5 rings (SSSR count). The highest BCUT2D eigenvalue weighted by Crippen LogP contribution is 2.27. The van der Waals surface area contributed by atoms with E-state index in [1.807, 2.05) is 55.2 Å². The Balaban J connectivity index is 1.22. The normalized spacial score (nSPS) is 11.5. The molecule has 39 heavy (non-hydrogen) atoms.